The lowest BCUT2D eigenvalue weighted by Crippen LogP contribution is -2.47. The van der Waals surface area contributed by atoms with Crippen LogP contribution in [0.3, 0.4) is 0 Å². The minimum Gasteiger partial charge on any atom is -0.476 e. The Morgan fingerprint density at radius 2 is 1.75 bits per heavy atom. The molecule has 0 unspecified atom stereocenters. The number of H-pyrrole nitrogens is 1. The van der Waals surface area contributed by atoms with E-state index in [0.29, 0.717) is 62.2 Å². The SMILES string of the molecule is CC1(C)CCC(CN2CCN(c3ccc(C(=O)NS(=O)(=O)c4ccc(NCC5CCOCC5)c([N+](=O)[O-])c4)c(N4CCCOc5nc6[nH]ccc6cc54)c3)CC2)=C(c2ccc(Cl)cc2)C1. The first-order valence-corrected chi connectivity index (χ1v) is 24.3. The zero-order chi connectivity index (χ0) is 45.3. The summed E-state index contributed by atoms with van der Waals surface area (Å²) in [7, 11) is -4.57. The van der Waals surface area contributed by atoms with Gasteiger partial charge in [-0.15, -0.1) is 0 Å². The van der Waals surface area contributed by atoms with Gasteiger partial charge in [0.2, 0.25) is 5.88 Å². The fourth-order valence-corrected chi connectivity index (χ4v) is 10.6. The third-order valence-corrected chi connectivity index (χ3v) is 14.8. The Balaban J connectivity index is 0.986. The molecule has 2 fully saturated rings. The monoisotopic (exact) mass is 922 g/mol. The largest absolute Gasteiger partial charge is 0.476 e. The van der Waals surface area contributed by atoms with Gasteiger partial charge < -0.3 is 29.6 Å². The van der Waals surface area contributed by atoms with Crippen LogP contribution in [0.15, 0.2) is 89.5 Å². The van der Waals surface area contributed by atoms with Crippen molar-refractivity contribution in [1.29, 1.82) is 0 Å². The number of ether oxygens (including phenoxy) is 2. The number of halogens is 1. The lowest BCUT2D eigenvalue weighted by atomic mass is 9.72. The molecule has 3 N–H and O–H groups in total. The van der Waals surface area contributed by atoms with Crippen LogP contribution in [0, 0.1) is 21.4 Å². The fraction of sp³-hybridized carbons (Fsp3) is 0.417. The van der Waals surface area contributed by atoms with Crippen molar-refractivity contribution < 1.29 is 27.6 Å². The number of aromatic nitrogens is 2. The van der Waals surface area contributed by atoms with E-state index in [1.807, 2.05) is 41.3 Å². The smallest absolute Gasteiger partial charge is 0.293 e. The number of fused-ring (bicyclic) bond motifs is 2. The Morgan fingerprint density at radius 3 is 2.52 bits per heavy atom. The number of allylic oxidation sites excluding steroid dienone is 1. The van der Waals surface area contributed by atoms with E-state index in [-0.39, 0.29) is 22.6 Å². The van der Waals surface area contributed by atoms with Crippen LogP contribution in [0.4, 0.5) is 28.4 Å². The number of piperazine rings is 1. The number of nitro groups is 1. The Kier molecular flexibility index (Phi) is 12.8. The van der Waals surface area contributed by atoms with E-state index in [1.165, 1.54) is 28.8 Å². The predicted octanol–water partition coefficient (Wildman–Crippen LogP) is 8.79. The first-order valence-electron chi connectivity index (χ1n) is 22.4. The summed E-state index contributed by atoms with van der Waals surface area (Å²) in [5.74, 6) is -0.203. The third-order valence-electron chi connectivity index (χ3n) is 13.2. The number of aromatic amines is 1. The molecule has 342 valence electrons. The molecule has 2 saturated heterocycles. The van der Waals surface area contributed by atoms with Gasteiger partial charge in [0.1, 0.15) is 17.0 Å². The van der Waals surface area contributed by atoms with E-state index < -0.39 is 31.4 Å². The molecular formula is C48H55ClN8O7S. The van der Waals surface area contributed by atoms with E-state index in [0.717, 1.165) is 87.0 Å². The Bertz CT molecular complexity index is 2730. The van der Waals surface area contributed by atoms with Gasteiger partial charge in [-0.3, -0.25) is 19.8 Å². The maximum atomic E-state index is 14.4. The van der Waals surface area contributed by atoms with Crippen molar-refractivity contribution in [2.75, 3.05) is 80.8 Å². The van der Waals surface area contributed by atoms with Crippen molar-refractivity contribution in [3.05, 3.63) is 111 Å². The van der Waals surface area contributed by atoms with E-state index in [4.69, 9.17) is 26.1 Å². The number of hydrogen-bond donors (Lipinski definition) is 3. The van der Waals surface area contributed by atoms with Crippen molar-refractivity contribution in [2.24, 2.45) is 11.3 Å². The molecule has 0 atom stereocenters. The quantitative estimate of drug-likeness (QED) is 0.0803. The highest BCUT2D eigenvalue weighted by Gasteiger charge is 2.32. The number of amides is 1. The zero-order valence-electron chi connectivity index (χ0n) is 36.8. The normalized spacial score (nSPS) is 18.5. The number of carbonyl (C=O) groups excluding carboxylic acids is 1. The third kappa shape index (κ3) is 9.95. The summed E-state index contributed by atoms with van der Waals surface area (Å²) in [5.41, 5.74) is 6.96. The second kappa shape index (κ2) is 18.7. The molecular weight excluding hydrogens is 868 g/mol. The van der Waals surface area contributed by atoms with E-state index in [9.17, 15) is 23.3 Å². The molecule has 3 aliphatic heterocycles. The summed E-state index contributed by atoms with van der Waals surface area (Å²) >= 11 is 6.27. The summed E-state index contributed by atoms with van der Waals surface area (Å²) in [6.07, 6.45) is 7.27. The van der Waals surface area contributed by atoms with Gasteiger partial charge in [-0.25, -0.2) is 13.1 Å². The Hall–Kier alpha value is -5.68. The van der Waals surface area contributed by atoms with Crippen molar-refractivity contribution in [3.8, 4) is 5.88 Å². The van der Waals surface area contributed by atoms with Crippen LogP contribution in [-0.4, -0.2) is 99.8 Å². The van der Waals surface area contributed by atoms with Gasteiger partial charge in [0.25, 0.3) is 21.6 Å². The number of sulfonamides is 1. The van der Waals surface area contributed by atoms with E-state index in [1.54, 1.807) is 12.3 Å². The molecule has 4 aliphatic rings. The van der Waals surface area contributed by atoms with Crippen LogP contribution in [-0.2, 0) is 14.8 Å². The molecule has 2 aromatic heterocycles. The van der Waals surface area contributed by atoms with Gasteiger partial charge in [-0.05, 0) is 116 Å². The molecule has 1 amide bonds. The Morgan fingerprint density at radius 1 is 0.969 bits per heavy atom. The number of rotatable bonds is 12. The van der Waals surface area contributed by atoms with Gasteiger partial charge in [-0.2, -0.15) is 4.98 Å². The number of nitrogens with one attached hydrogen (secondary N) is 3. The molecule has 65 heavy (non-hydrogen) atoms. The minimum absolute atomic E-state index is 0.115. The number of carbonyl (C=O) groups is 1. The fourth-order valence-electron chi connectivity index (χ4n) is 9.47. The lowest BCUT2D eigenvalue weighted by Gasteiger charge is -2.39. The van der Waals surface area contributed by atoms with E-state index >= 15 is 0 Å². The predicted molar refractivity (Wildman–Crippen MR) is 254 cm³/mol. The topological polar surface area (TPSA) is 175 Å². The van der Waals surface area contributed by atoms with Gasteiger partial charge in [-0.1, -0.05) is 43.2 Å². The maximum absolute atomic E-state index is 14.4. The van der Waals surface area contributed by atoms with Crippen molar-refractivity contribution in [1.82, 2.24) is 19.6 Å². The van der Waals surface area contributed by atoms with Gasteiger partial charge in [0.15, 0.2) is 0 Å². The highest BCUT2D eigenvalue weighted by molar-refractivity contribution is 7.90. The maximum Gasteiger partial charge on any atom is 0.293 e. The molecule has 0 bridgehead atoms. The number of hydrogen-bond acceptors (Lipinski definition) is 12. The van der Waals surface area contributed by atoms with Gasteiger partial charge in [0, 0.05) is 87.4 Å². The Labute approximate surface area is 384 Å². The summed E-state index contributed by atoms with van der Waals surface area (Å²) in [6.45, 7) is 11.3. The highest BCUT2D eigenvalue weighted by atomic mass is 35.5. The molecule has 0 saturated carbocycles. The summed E-state index contributed by atoms with van der Waals surface area (Å²) in [5, 5.41) is 16.9. The number of pyridine rings is 1. The zero-order valence-corrected chi connectivity index (χ0v) is 38.3. The molecule has 15 nitrogen and oxygen atoms in total. The summed E-state index contributed by atoms with van der Waals surface area (Å²) < 4.78 is 41.7. The molecule has 9 rings (SSSR count). The lowest BCUT2D eigenvalue weighted by molar-refractivity contribution is -0.384. The van der Waals surface area contributed by atoms with Gasteiger partial charge >= 0.3 is 0 Å². The number of benzene rings is 3. The van der Waals surface area contributed by atoms with Crippen molar-refractivity contribution in [2.45, 2.75) is 57.3 Å². The second-order valence-corrected chi connectivity index (χ2v) is 20.4. The number of nitrogens with zero attached hydrogens (tertiary/aromatic N) is 5. The molecule has 5 aromatic rings. The first kappa shape index (κ1) is 44.5. The van der Waals surface area contributed by atoms with Crippen molar-refractivity contribution in [3.63, 3.8) is 0 Å². The minimum atomic E-state index is -4.57. The summed E-state index contributed by atoms with van der Waals surface area (Å²) in [6, 6.07) is 21.2. The number of nitro benzene ring substituents is 1. The molecule has 0 spiro atoms. The average Bonchev–Trinajstić information content (AvgIpc) is 3.66. The molecule has 0 radical (unpaired) electrons. The van der Waals surface area contributed by atoms with Crippen molar-refractivity contribution >= 4 is 72.6 Å². The molecule has 3 aromatic carbocycles. The second-order valence-electron chi connectivity index (χ2n) is 18.3. The molecule has 17 heteroatoms. The molecule has 1 aliphatic carbocycles. The molecule has 5 heterocycles. The van der Waals surface area contributed by atoms with Crippen LogP contribution in [0.1, 0.15) is 68.3 Å². The van der Waals surface area contributed by atoms with Crippen LogP contribution in [0.25, 0.3) is 16.6 Å². The summed E-state index contributed by atoms with van der Waals surface area (Å²) in [4.78, 5) is 40.2. The highest BCUT2D eigenvalue weighted by Crippen LogP contribution is 2.44. The van der Waals surface area contributed by atoms with Crippen LogP contribution in [0.5, 0.6) is 5.88 Å². The van der Waals surface area contributed by atoms with Crippen LogP contribution in [0.2, 0.25) is 5.02 Å². The first-order chi connectivity index (χ1) is 31.3. The standard InChI is InChI=1S/C48H55ClN8O7S/c1-48(2)16-12-35(40(29-48)33-4-6-36(49)7-5-33)31-54-19-21-55(22-20-54)37-8-10-39(42(27-37)56-18-3-23-64-47-44(56)26-34-13-17-50-45(34)52-47)46(58)53-65(61,62)38-9-11-41(43(28-38)57(59)60)51-30-32-14-24-63-25-15-32/h4-11,13,17,26-28,32,51H,3,12,14-16,18-25,29-31H2,1-2H3,(H,50,52)(H,53,58). The average molecular weight is 924 g/mol. The van der Waals surface area contributed by atoms with Crippen LogP contribution >= 0.6 is 11.6 Å². The van der Waals surface area contributed by atoms with Crippen LogP contribution < -0.4 is 24.6 Å². The van der Waals surface area contributed by atoms with Gasteiger partial charge in [0.05, 0.1) is 27.7 Å². The van der Waals surface area contributed by atoms with E-state index in [2.05, 4.69) is 50.8 Å². The number of anilines is 4.